The van der Waals surface area contributed by atoms with Gasteiger partial charge in [-0.1, -0.05) is 16.8 Å². The molecule has 0 saturated carbocycles. The third kappa shape index (κ3) is 4.64. The number of nitrogens with zero attached hydrogens (tertiary/aromatic N) is 4. The minimum Gasteiger partial charge on any atom is -0.384 e. The van der Waals surface area contributed by atoms with Crippen LogP contribution in [0, 0.1) is 6.92 Å². The number of hydrogen-bond acceptors (Lipinski definition) is 7. The van der Waals surface area contributed by atoms with E-state index in [9.17, 15) is 0 Å². The van der Waals surface area contributed by atoms with Crippen molar-refractivity contribution >= 4 is 46.4 Å². The van der Waals surface area contributed by atoms with Crippen LogP contribution in [-0.4, -0.2) is 33.8 Å². The summed E-state index contributed by atoms with van der Waals surface area (Å²) in [5.41, 5.74) is 3.90. The number of fused-ring (bicyclic) bond motifs is 1. The number of anilines is 2. The second-order valence-electron chi connectivity index (χ2n) is 6.26. The van der Waals surface area contributed by atoms with Crippen molar-refractivity contribution in [2.75, 3.05) is 19.0 Å². The molecule has 0 spiro atoms. The van der Waals surface area contributed by atoms with E-state index in [2.05, 4.69) is 25.4 Å². The summed E-state index contributed by atoms with van der Waals surface area (Å²) in [5, 5.41) is 8.98. The topological polar surface area (TPSA) is 86.0 Å². The Kier molecular flexibility index (Phi) is 6.64. The molecule has 0 radical (unpaired) electrons. The van der Waals surface area contributed by atoms with Crippen LogP contribution in [0.4, 0.5) is 11.4 Å². The van der Waals surface area contributed by atoms with Gasteiger partial charge in [0.25, 0.3) is 5.89 Å². The fourth-order valence-electron chi connectivity index (χ4n) is 2.80. The van der Waals surface area contributed by atoms with Crippen molar-refractivity contribution < 1.29 is 9.26 Å². The maximum absolute atomic E-state index is 6.01. The number of nitrogens with one attached hydrogen (secondary N) is 1. The monoisotopic (exact) mass is 431 g/mol. The fourth-order valence-corrected chi connectivity index (χ4v) is 2.93. The van der Waals surface area contributed by atoms with Crippen LogP contribution in [-0.2, 0) is 11.2 Å². The molecule has 0 amide bonds. The molecule has 4 rings (SSSR count). The number of halogens is 2. The summed E-state index contributed by atoms with van der Waals surface area (Å²) in [6, 6.07) is 11.4. The molecule has 0 fully saturated rings. The molecule has 3 heterocycles. The van der Waals surface area contributed by atoms with Crippen LogP contribution in [0.1, 0.15) is 11.5 Å². The van der Waals surface area contributed by atoms with Gasteiger partial charge in [-0.05, 0) is 43.3 Å². The molecule has 7 nitrogen and oxygen atoms in total. The number of aromatic nitrogens is 4. The van der Waals surface area contributed by atoms with Crippen LogP contribution < -0.4 is 5.32 Å². The zero-order valence-electron chi connectivity index (χ0n) is 15.8. The molecule has 0 saturated heterocycles. The number of ether oxygens (including phenoxy) is 1. The highest BCUT2D eigenvalue weighted by molar-refractivity contribution is 6.30. The number of methoxy groups -OCH3 is 1. The molecule has 9 heteroatoms. The summed E-state index contributed by atoms with van der Waals surface area (Å²) in [6.45, 7) is 2.45. The molecule has 150 valence electrons. The Labute approximate surface area is 178 Å². The quantitative estimate of drug-likeness (QED) is 0.459. The number of benzene rings is 1. The lowest BCUT2D eigenvalue weighted by Gasteiger charge is -2.13. The molecule has 1 aromatic carbocycles. The Morgan fingerprint density at radius 3 is 2.66 bits per heavy atom. The highest BCUT2D eigenvalue weighted by Gasteiger charge is 2.17. The lowest BCUT2D eigenvalue weighted by Crippen LogP contribution is -1.99. The molecule has 4 aromatic rings. The van der Waals surface area contributed by atoms with Gasteiger partial charge in [0.05, 0.1) is 17.9 Å². The Hall–Kier alpha value is -2.74. The maximum Gasteiger partial charge on any atom is 0.261 e. The standard InChI is InChI=1S/C20H18ClN5O2.ClH/c1-12-3-8-15-18(24-14-6-4-13(21)5-7-14)16(11-22-19(15)23-12)20-25-17(26-28-20)9-10-27-2;/h3-8,11H,9-10H2,1-2H3,(H,22,23,24);1H. The summed E-state index contributed by atoms with van der Waals surface area (Å²) in [5.74, 6) is 0.967. The van der Waals surface area contributed by atoms with Crippen molar-refractivity contribution in [1.82, 2.24) is 20.1 Å². The predicted octanol–water partition coefficient (Wildman–Crippen LogP) is 5.00. The minimum atomic E-state index is 0. The smallest absolute Gasteiger partial charge is 0.261 e. The maximum atomic E-state index is 6.01. The third-order valence-corrected chi connectivity index (χ3v) is 4.46. The van der Waals surface area contributed by atoms with Crippen molar-refractivity contribution in [2.24, 2.45) is 0 Å². The number of aryl methyl sites for hydroxylation is 1. The van der Waals surface area contributed by atoms with Gasteiger partial charge < -0.3 is 14.6 Å². The third-order valence-electron chi connectivity index (χ3n) is 4.21. The molecule has 3 aromatic heterocycles. The predicted molar refractivity (Wildman–Crippen MR) is 115 cm³/mol. The molecular formula is C20H19Cl2N5O2. The van der Waals surface area contributed by atoms with Crippen molar-refractivity contribution in [1.29, 1.82) is 0 Å². The van der Waals surface area contributed by atoms with Crippen LogP contribution in [0.25, 0.3) is 22.5 Å². The van der Waals surface area contributed by atoms with Gasteiger partial charge in [-0.25, -0.2) is 9.97 Å². The first kappa shape index (κ1) is 21.0. The van der Waals surface area contributed by atoms with E-state index in [1.807, 2.05) is 43.3 Å². The van der Waals surface area contributed by atoms with Crippen molar-refractivity contribution in [3.05, 3.63) is 59.1 Å². The molecule has 29 heavy (non-hydrogen) atoms. The lowest BCUT2D eigenvalue weighted by atomic mass is 10.1. The Bertz CT molecular complexity index is 1120. The minimum absolute atomic E-state index is 0. The van der Waals surface area contributed by atoms with Gasteiger partial charge in [-0.15, -0.1) is 12.4 Å². The van der Waals surface area contributed by atoms with Gasteiger partial charge in [0, 0.05) is 41.5 Å². The van der Waals surface area contributed by atoms with Crippen molar-refractivity contribution in [2.45, 2.75) is 13.3 Å². The normalized spacial score (nSPS) is 10.7. The van der Waals surface area contributed by atoms with E-state index in [-0.39, 0.29) is 12.4 Å². The highest BCUT2D eigenvalue weighted by atomic mass is 35.5. The average Bonchev–Trinajstić information content (AvgIpc) is 3.16. The number of pyridine rings is 2. The molecule has 0 aliphatic rings. The second kappa shape index (κ2) is 9.17. The number of rotatable bonds is 6. The van der Waals surface area contributed by atoms with E-state index < -0.39 is 0 Å². The highest BCUT2D eigenvalue weighted by Crippen LogP contribution is 2.34. The van der Waals surface area contributed by atoms with Crippen LogP contribution in [0.15, 0.2) is 47.1 Å². The molecule has 0 aliphatic carbocycles. The first-order chi connectivity index (χ1) is 13.6. The zero-order valence-corrected chi connectivity index (χ0v) is 17.4. The SMILES string of the molecule is COCCc1noc(-c2cnc3nc(C)ccc3c2Nc2ccc(Cl)cc2)n1.Cl. The Balaban J connectivity index is 0.00000240. The van der Waals surface area contributed by atoms with E-state index in [1.165, 1.54) is 0 Å². The summed E-state index contributed by atoms with van der Waals surface area (Å²) < 4.78 is 10.6. The largest absolute Gasteiger partial charge is 0.384 e. The zero-order chi connectivity index (χ0) is 19.5. The van der Waals surface area contributed by atoms with Crippen molar-refractivity contribution in [3.8, 4) is 11.5 Å². The summed E-state index contributed by atoms with van der Waals surface area (Å²) in [4.78, 5) is 13.5. The molecule has 1 N–H and O–H groups in total. The molecular weight excluding hydrogens is 413 g/mol. The Morgan fingerprint density at radius 2 is 1.90 bits per heavy atom. The molecule has 0 aliphatic heterocycles. The first-order valence-electron chi connectivity index (χ1n) is 8.75. The lowest BCUT2D eigenvalue weighted by molar-refractivity contribution is 0.199. The molecule has 0 bridgehead atoms. The second-order valence-corrected chi connectivity index (χ2v) is 6.70. The van der Waals surface area contributed by atoms with E-state index >= 15 is 0 Å². The summed E-state index contributed by atoms with van der Waals surface area (Å²) in [6.07, 6.45) is 2.27. The fraction of sp³-hybridized carbons (Fsp3) is 0.200. The first-order valence-corrected chi connectivity index (χ1v) is 9.12. The molecule has 0 atom stereocenters. The van der Waals surface area contributed by atoms with Crippen LogP contribution in [0.2, 0.25) is 5.02 Å². The van der Waals surface area contributed by atoms with Gasteiger partial charge in [-0.2, -0.15) is 4.98 Å². The van der Waals surface area contributed by atoms with Crippen LogP contribution in [0.3, 0.4) is 0 Å². The van der Waals surface area contributed by atoms with Gasteiger partial charge in [-0.3, -0.25) is 0 Å². The van der Waals surface area contributed by atoms with E-state index in [0.717, 1.165) is 22.5 Å². The van der Waals surface area contributed by atoms with Gasteiger partial charge in [0.15, 0.2) is 11.5 Å². The van der Waals surface area contributed by atoms with E-state index in [0.29, 0.717) is 41.0 Å². The number of hydrogen-bond donors (Lipinski definition) is 1. The van der Waals surface area contributed by atoms with E-state index in [1.54, 1.807) is 13.3 Å². The summed E-state index contributed by atoms with van der Waals surface area (Å²) in [7, 11) is 1.64. The van der Waals surface area contributed by atoms with Gasteiger partial charge in [0.2, 0.25) is 0 Å². The van der Waals surface area contributed by atoms with Crippen LogP contribution >= 0.6 is 24.0 Å². The summed E-state index contributed by atoms with van der Waals surface area (Å²) >= 11 is 6.01. The van der Waals surface area contributed by atoms with Crippen LogP contribution in [0.5, 0.6) is 0 Å². The molecule has 0 unspecified atom stereocenters. The Morgan fingerprint density at radius 1 is 1.10 bits per heavy atom. The van der Waals surface area contributed by atoms with E-state index in [4.69, 9.17) is 20.9 Å². The van der Waals surface area contributed by atoms with Gasteiger partial charge >= 0.3 is 0 Å². The van der Waals surface area contributed by atoms with Crippen molar-refractivity contribution in [3.63, 3.8) is 0 Å². The average molecular weight is 432 g/mol. The van der Waals surface area contributed by atoms with Gasteiger partial charge in [0.1, 0.15) is 0 Å².